The quantitative estimate of drug-likeness (QED) is 0.917. The van der Waals surface area contributed by atoms with Gasteiger partial charge in [-0.15, -0.1) is 11.3 Å². The van der Waals surface area contributed by atoms with Crippen LogP contribution >= 0.6 is 11.3 Å². The predicted molar refractivity (Wildman–Crippen MR) is 97.8 cm³/mol. The van der Waals surface area contributed by atoms with E-state index in [0.29, 0.717) is 5.92 Å². The maximum Gasteiger partial charge on any atom is 0.141 e. The van der Waals surface area contributed by atoms with E-state index in [9.17, 15) is 0 Å². The smallest absolute Gasteiger partial charge is 0.141 e. The molecule has 0 amide bonds. The predicted octanol–water partition coefficient (Wildman–Crippen LogP) is 3.35. The van der Waals surface area contributed by atoms with Crippen LogP contribution in [-0.4, -0.2) is 36.1 Å². The number of hydrogen-bond donors (Lipinski definition) is 1. The summed E-state index contributed by atoms with van der Waals surface area (Å²) in [5, 5.41) is 4.81. The Morgan fingerprint density at radius 3 is 2.74 bits per heavy atom. The van der Waals surface area contributed by atoms with Gasteiger partial charge in [0.15, 0.2) is 0 Å². The largest absolute Gasteiger partial charge is 0.353 e. The Morgan fingerprint density at radius 2 is 2.00 bits per heavy atom. The maximum absolute atomic E-state index is 5.02. The highest BCUT2D eigenvalue weighted by Gasteiger charge is 2.26. The number of aromatic nitrogens is 2. The highest BCUT2D eigenvalue weighted by Crippen LogP contribution is 2.41. The molecule has 0 saturated carbocycles. The van der Waals surface area contributed by atoms with E-state index < -0.39 is 0 Å². The van der Waals surface area contributed by atoms with Crippen molar-refractivity contribution >= 4 is 27.4 Å². The molecule has 0 spiro atoms. The number of fused-ring (bicyclic) bond motifs is 3. The number of rotatable bonds is 2. The number of thiophene rings is 1. The first-order valence-corrected chi connectivity index (χ1v) is 9.73. The van der Waals surface area contributed by atoms with E-state index in [2.05, 4.69) is 31.0 Å². The average molecular weight is 331 g/mol. The highest BCUT2D eigenvalue weighted by atomic mass is 32.1. The molecule has 5 heteroatoms. The molecule has 2 aliphatic rings. The van der Waals surface area contributed by atoms with Crippen molar-refractivity contribution in [3.63, 3.8) is 0 Å². The van der Waals surface area contributed by atoms with Gasteiger partial charge in [-0.2, -0.15) is 0 Å². The maximum atomic E-state index is 5.02. The third kappa shape index (κ3) is 2.74. The van der Waals surface area contributed by atoms with Crippen molar-refractivity contribution in [3.8, 4) is 0 Å². The Balaban J connectivity index is 1.90. The van der Waals surface area contributed by atoms with Crippen molar-refractivity contribution in [1.82, 2.24) is 15.3 Å². The molecule has 124 valence electrons. The van der Waals surface area contributed by atoms with Crippen LogP contribution in [0.25, 0.3) is 10.2 Å². The molecule has 4 nitrogen and oxygen atoms in total. The minimum absolute atomic E-state index is 0.374. The summed E-state index contributed by atoms with van der Waals surface area (Å²) in [5.74, 6) is 3.37. The third-order valence-electron chi connectivity index (χ3n) is 5.09. The number of anilines is 1. The molecule has 23 heavy (non-hydrogen) atoms. The molecule has 0 bridgehead atoms. The molecule has 1 fully saturated rings. The van der Waals surface area contributed by atoms with Gasteiger partial charge in [0.2, 0.25) is 0 Å². The molecular formula is C18H26N4S. The lowest BCUT2D eigenvalue weighted by molar-refractivity contribution is 0.509. The van der Waals surface area contributed by atoms with Gasteiger partial charge in [-0.25, -0.2) is 9.97 Å². The normalized spacial score (nSPS) is 21.9. The molecule has 1 saturated heterocycles. The Morgan fingerprint density at radius 1 is 1.22 bits per heavy atom. The van der Waals surface area contributed by atoms with Crippen LogP contribution in [0.3, 0.4) is 0 Å². The van der Waals surface area contributed by atoms with Crippen LogP contribution in [0.4, 0.5) is 5.82 Å². The van der Waals surface area contributed by atoms with E-state index in [4.69, 9.17) is 9.97 Å². The molecule has 1 aliphatic carbocycles. The van der Waals surface area contributed by atoms with E-state index in [-0.39, 0.29) is 0 Å². The lowest BCUT2D eigenvalue weighted by Gasteiger charge is -2.30. The monoisotopic (exact) mass is 330 g/mol. The van der Waals surface area contributed by atoms with Crippen molar-refractivity contribution in [3.05, 3.63) is 16.3 Å². The second-order valence-electron chi connectivity index (χ2n) is 7.33. The summed E-state index contributed by atoms with van der Waals surface area (Å²) >= 11 is 1.92. The molecule has 2 aromatic rings. The van der Waals surface area contributed by atoms with Gasteiger partial charge in [-0.1, -0.05) is 20.8 Å². The van der Waals surface area contributed by atoms with Crippen molar-refractivity contribution < 1.29 is 0 Å². The van der Waals surface area contributed by atoms with E-state index in [1.165, 1.54) is 35.3 Å². The van der Waals surface area contributed by atoms with Gasteiger partial charge in [0.05, 0.1) is 5.39 Å². The van der Waals surface area contributed by atoms with Gasteiger partial charge in [-0.3, -0.25) is 0 Å². The zero-order valence-electron chi connectivity index (χ0n) is 14.4. The average Bonchev–Trinajstić information content (AvgIpc) is 2.91. The first kappa shape index (κ1) is 15.3. The van der Waals surface area contributed by atoms with E-state index >= 15 is 0 Å². The first-order chi connectivity index (χ1) is 11.1. The standard InChI is InChI=1S/C18H26N4S/c1-11(2)16-20-17(22-8-6-19-7-9-22)15-13-5-4-12(3)10-14(13)23-18(15)21-16/h11-12,19H,4-10H2,1-3H3/t12-/m1/s1. The molecule has 0 radical (unpaired) electrons. The van der Waals surface area contributed by atoms with E-state index in [1.54, 1.807) is 10.4 Å². The lowest BCUT2D eigenvalue weighted by Crippen LogP contribution is -2.44. The van der Waals surface area contributed by atoms with Crippen molar-refractivity contribution in [1.29, 1.82) is 0 Å². The summed E-state index contributed by atoms with van der Waals surface area (Å²) in [5.41, 5.74) is 1.55. The van der Waals surface area contributed by atoms with Crippen molar-refractivity contribution in [2.24, 2.45) is 5.92 Å². The molecule has 1 aliphatic heterocycles. The van der Waals surface area contributed by atoms with Crippen LogP contribution in [0, 0.1) is 5.92 Å². The molecule has 1 atom stereocenters. The Bertz CT molecular complexity index is 715. The molecule has 4 rings (SSSR count). The Labute approximate surface area is 142 Å². The summed E-state index contributed by atoms with van der Waals surface area (Å²) in [4.78, 5) is 15.2. The van der Waals surface area contributed by atoms with Gasteiger partial charge in [-0.05, 0) is 30.7 Å². The highest BCUT2D eigenvalue weighted by molar-refractivity contribution is 7.19. The molecule has 2 aromatic heterocycles. The van der Waals surface area contributed by atoms with Gasteiger partial charge in [0.1, 0.15) is 16.5 Å². The third-order valence-corrected chi connectivity index (χ3v) is 6.23. The SMILES string of the molecule is CC(C)c1nc(N2CCNCC2)c2c3c(sc2n1)C[C@H](C)CC3. The molecule has 0 aromatic carbocycles. The molecular weight excluding hydrogens is 304 g/mol. The van der Waals surface area contributed by atoms with Crippen LogP contribution in [0.2, 0.25) is 0 Å². The summed E-state index contributed by atoms with van der Waals surface area (Å²) in [7, 11) is 0. The fourth-order valence-electron chi connectivity index (χ4n) is 3.70. The van der Waals surface area contributed by atoms with Crippen molar-refractivity contribution in [2.75, 3.05) is 31.1 Å². The summed E-state index contributed by atoms with van der Waals surface area (Å²) < 4.78 is 0. The number of aryl methyl sites for hydroxylation is 1. The van der Waals surface area contributed by atoms with Crippen LogP contribution < -0.4 is 10.2 Å². The minimum Gasteiger partial charge on any atom is -0.353 e. The van der Waals surface area contributed by atoms with Crippen LogP contribution in [0.1, 0.15) is 49.4 Å². The van der Waals surface area contributed by atoms with Crippen LogP contribution in [-0.2, 0) is 12.8 Å². The van der Waals surface area contributed by atoms with Crippen molar-refractivity contribution in [2.45, 2.75) is 46.0 Å². The number of nitrogens with zero attached hydrogens (tertiary/aromatic N) is 3. The molecule has 3 heterocycles. The second kappa shape index (κ2) is 6.02. The molecule has 1 N–H and O–H groups in total. The number of hydrogen-bond acceptors (Lipinski definition) is 5. The fourth-order valence-corrected chi connectivity index (χ4v) is 5.09. The summed E-state index contributed by atoms with van der Waals surface area (Å²) in [6, 6.07) is 0. The number of piperazine rings is 1. The van der Waals surface area contributed by atoms with Gasteiger partial charge >= 0.3 is 0 Å². The Kier molecular flexibility index (Phi) is 4.01. The van der Waals surface area contributed by atoms with Gasteiger partial charge in [0, 0.05) is 37.0 Å². The summed E-state index contributed by atoms with van der Waals surface area (Å²) in [6.45, 7) is 10.9. The fraction of sp³-hybridized carbons (Fsp3) is 0.667. The lowest BCUT2D eigenvalue weighted by atomic mass is 9.89. The second-order valence-corrected chi connectivity index (χ2v) is 8.41. The van der Waals surface area contributed by atoms with Crippen LogP contribution in [0.5, 0.6) is 0 Å². The van der Waals surface area contributed by atoms with E-state index in [1.807, 2.05) is 11.3 Å². The van der Waals surface area contributed by atoms with Crippen LogP contribution in [0.15, 0.2) is 0 Å². The van der Waals surface area contributed by atoms with Gasteiger partial charge < -0.3 is 10.2 Å². The topological polar surface area (TPSA) is 41.1 Å². The molecule has 0 unspecified atom stereocenters. The zero-order chi connectivity index (χ0) is 16.0. The Hall–Kier alpha value is -1.20. The minimum atomic E-state index is 0.374. The first-order valence-electron chi connectivity index (χ1n) is 8.91. The summed E-state index contributed by atoms with van der Waals surface area (Å²) in [6.07, 6.45) is 3.71. The van der Waals surface area contributed by atoms with E-state index in [0.717, 1.165) is 37.9 Å². The van der Waals surface area contributed by atoms with Gasteiger partial charge in [0.25, 0.3) is 0 Å². The number of nitrogens with one attached hydrogen (secondary N) is 1. The zero-order valence-corrected chi connectivity index (χ0v) is 15.2.